The van der Waals surface area contributed by atoms with Gasteiger partial charge in [0.05, 0.1) is 11.4 Å². The summed E-state index contributed by atoms with van der Waals surface area (Å²) in [5.74, 6) is -0.0627. The molecule has 1 aliphatic rings. The molecular weight excluding hydrogens is 350 g/mol. The minimum Gasteiger partial charge on any atom is -0.351 e. The van der Waals surface area contributed by atoms with E-state index >= 15 is 0 Å². The van der Waals surface area contributed by atoms with Crippen molar-refractivity contribution in [3.05, 3.63) is 53.4 Å². The van der Waals surface area contributed by atoms with Gasteiger partial charge in [-0.2, -0.15) is 5.10 Å². The SMILES string of the molecule is Cc1nn(-c2ccccc2)c(C)c1C=CC(=O)NCC(C)N1CCN(C)CC1. The van der Waals surface area contributed by atoms with Crippen LogP contribution in [-0.4, -0.2) is 71.3 Å². The molecule has 1 aromatic carbocycles. The Bertz CT molecular complexity index is 819. The van der Waals surface area contributed by atoms with Crippen molar-refractivity contribution in [3.63, 3.8) is 0 Å². The van der Waals surface area contributed by atoms with Crippen LogP contribution in [0.3, 0.4) is 0 Å². The molecular formula is C22H31N5O. The summed E-state index contributed by atoms with van der Waals surface area (Å²) in [6.07, 6.45) is 3.48. The highest BCUT2D eigenvalue weighted by atomic mass is 16.1. The van der Waals surface area contributed by atoms with Crippen LogP contribution in [0.1, 0.15) is 23.9 Å². The molecule has 150 valence electrons. The first-order valence-corrected chi connectivity index (χ1v) is 9.96. The first-order valence-electron chi connectivity index (χ1n) is 9.96. The Balaban J connectivity index is 1.58. The molecule has 0 saturated carbocycles. The molecule has 6 nitrogen and oxygen atoms in total. The van der Waals surface area contributed by atoms with Crippen molar-refractivity contribution < 1.29 is 4.79 Å². The topological polar surface area (TPSA) is 53.4 Å². The van der Waals surface area contributed by atoms with E-state index in [0.29, 0.717) is 12.6 Å². The van der Waals surface area contributed by atoms with E-state index in [-0.39, 0.29) is 5.91 Å². The van der Waals surface area contributed by atoms with Gasteiger partial charge in [0.2, 0.25) is 5.91 Å². The van der Waals surface area contributed by atoms with E-state index in [9.17, 15) is 4.79 Å². The van der Waals surface area contributed by atoms with E-state index in [2.05, 4.69) is 34.2 Å². The molecule has 0 spiro atoms. The summed E-state index contributed by atoms with van der Waals surface area (Å²) >= 11 is 0. The lowest BCUT2D eigenvalue weighted by atomic mass is 10.1. The van der Waals surface area contributed by atoms with Gasteiger partial charge >= 0.3 is 0 Å². The molecule has 1 fully saturated rings. The van der Waals surface area contributed by atoms with Gasteiger partial charge in [-0.3, -0.25) is 9.69 Å². The third-order valence-electron chi connectivity index (χ3n) is 5.48. The molecule has 2 aromatic rings. The Kier molecular flexibility index (Phi) is 6.65. The van der Waals surface area contributed by atoms with Crippen LogP contribution >= 0.6 is 0 Å². The van der Waals surface area contributed by atoms with E-state index in [0.717, 1.165) is 48.8 Å². The standard InChI is InChI=1S/C22H31N5O/c1-17(26-14-12-25(4)13-15-26)16-23-22(28)11-10-21-18(2)24-27(19(21)3)20-8-6-5-7-9-20/h5-11,17H,12-16H2,1-4H3,(H,23,28). The fourth-order valence-electron chi connectivity index (χ4n) is 3.57. The number of carbonyl (C=O) groups excluding carboxylic acids is 1. The molecule has 0 radical (unpaired) electrons. The van der Waals surface area contributed by atoms with Gasteiger partial charge in [-0.25, -0.2) is 4.68 Å². The number of aryl methyl sites for hydroxylation is 1. The summed E-state index contributed by atoms with van der Waals surface area (Å²) in [6, 6.07) is 10.4. The molecule has 1 aromatic heterocycles. The molecule has 1 amide bonds. The smallest absolute Gasteiger partial charge is 0.244 e. The monoisotopic (exact) mass is 381 g/mol. The minimum atomic E-state index is -0.0627. The highest BCUT2D eigenvalue weighted by Gasteiger charge is 2.19. The highest BCUT2D eigenvalue weighted by molar-refractivity contribution is 5.92. The first-order chi connectivity index (χ1) is 13.5. The van der Waals surface area contributed by atoms with Crippen molar-refractivity contribution in [1.82, 2.24) is 24.9 Å². The molecule has 3 rings (SSSR count). The summed E-state index contributed by atoms with van der Waals surface area (Å²) in [7, 11) is 2.15. The van der Waals surface area contributed by atoms with Crippen molar-refractivity contribution in [2.45, 2.75) is 26.8 Å². The van der Waals surface area contributed by atoms with Gasteiger partial charge in [0.1, 0.15) is 0 Å². The summed E-state index contributed by atoms with van der Waals surface area (Å²) in [4.78, 5) is 17.1. The van der Waals surface area contributed by atoms with Gasteiger partial charge in [-0.05, 0) is 46.0 Å². The van der Waals surface area contributed by atoms with Crippen LogP contribution < -0.4 is 5.32 Å². The maximum Gasteiger partial charge on any atom is 0.244 e. The van der Waals surface area contributed by atoms with Gasteiger partial charge in [0.25, 0.3) is 0 Å². The van der Waals surface area contributed by atoms with Crippen LogP contribution in [0.5, 0.6) is 0 Å². The molecule has 28 heavy (non-hydrogen) atoms. The quantitative estimate of drug-likeness (QED) is 0.780. The van der Waals surface area contributed by atoms with Crippen LogP contribution in [0.4, 0.5) is 0 Å². The predicted octanol–water partition coefficient (Wildman–Crippen LogP) is 2.25. The van der Waals surface area contributed by atoms with E-state index in [1.54, 1.807) is 6.08 Å². The molecule has 1 saturated heterocycles. The Hall–Kier alpha value is -2.44. The molecule has 1 atom stereocenters. The van der Waals surface area contributed by atoms with Crippen molar-refractivity contribution in [2.24, 2.45) is 0 Å². The van der Waals surface area contributed by atoms with Gasteiger partial charge in [-0.1, -0.05) is 18.2 Å². The number of likely N-dealkylation sites (N-methyl/N-ethyl adjacent to an activating group) is 1. The number of aromatic nitrogens is 2. The van der Waals surface area contributed by atoms with E-state index in [4.69, 9.17) is 0 Å². The number of piperazine rings is 1. The number of para-hydroxylation sites is 1. The number of amides is 1. The Morgan fingerprint density at radius 1 is 1.18 bits per heavy atom. The summed E-state index contributed by atoms with van der Waals surface area (Å²) in [5, 5.41) is 7.65. The third-order valence-corrected chi connectivity index (χ3v) is 5.48. The zero-order valence-electron chi connectivity index (χ0n) is 17.4. The zero-order valence-corrected chi connectivity index (χ0v) is 17.4. The van der Waals surface area contributed by atoms with Crippen molar-refractivity contribution >= 4 is 12.0 Å². The number of hydrogen-bond acceptors (Lipinski definition) is 4. The first kappa shape index (κ1) is 20.3. The van der Waals surface area contributed by atoms with Crippen molar-refractivity contribution in [1.29, 1.82) is 0 Å². The normalized spacial score (nSPS) is 17.1. The summed E-state index contributed by atoms with van der Waals surface area (Å²) in [6.45, 7) is 11.1. The second kappa shape index (κ2) is 9.17. The van der Waals surface area contributed by atoms with Crippen LogP contribution in [0.2, 0.25) is 0 Å². The number of rotatable bonds is 6. The zero-order chi connectivity index (χ0) is 20.1. The van der Waals surface area contributed by atoms with Crippen molar-refractivity contribution in [2.75, 3.05) is 39.8 Å². The summed E-state index contributed by atoms with van der Waals surface area (Å²) < 4.78 is 1.92. The van der Waals surface area contributed by atoms with Crippen LogP contribution in [0.25, 0.3) is 11.8 Å². The molecule has 2 heterocycles. The molecule has 1 unspecified atom stereocenters. The van der Waals surface area contributed by atoms with Crippen LogP contribution in [0, 0.1) is 13.8 Å². The van der Waals surface area contributed by atoms with Gasteiger partial charge in [0.15, 0.2) is 0 Å². The lowest BCUT2D eigenvalue weighted by Crippen LogP contribution is -2.51. The van der Waals surface area contributed by atoms with Gasteiger partial charge < -0.3 is 10.2 Å². The number of carbonyl (C=O) groups is 1. The fraction of sp³-hybridized carbons (Fsp3) is 0.455. The number of nitrogens with zero attached hydrogens (tertiary/aromatic N) is 4. The van der Waals surface area contributed by atoms with E-state index < -0.39 is 0 Å². The Morgan fingerprint density at radius 3 is 2.54 bits per heavy atom. The Labute approximate surface area is 167 Å². The average molecular weight is 382 g/mol. The number of nitrogens with one attached hydrogen (secondary N) is 1. The van der Waals surface area contributed by atoms with Crippen LogP contribution in [-0.2, 0) is 4.79 Å². The average Bonchev–Trinajstić information content (AvgIpc) is 2.99. The fourth-order valence-corrected chi connectivity index (χ4v) is 3.57. The third kappa shape index (κ3) is 4.88. The molecule has 1 aliphatic heterocycles. The Morgan fingerprint density at radius 2 is 1.86 bits per heavy atom. The highest BCUT2D eigenvalue weighted by Crippen LogP contribution is 2.19. The van der Waals surface area contributed by atoms with E-state index in [1.165, 1.54) is 0 Å². The number of hydrogen-bond donors (Lipinski definition) is 1. The van der Waals surface area contributed by atoms with Gasteiger partial charge in [-0.15, -0.1) is 0 Å². The molecule has 6 heteroatoms. The number of benzene rings is 1. The predicted molar refractivity (Wildman–Crippen MR) is 114 cm³/mol. The maximum absolute atomic E-state index is 12.3. The van der Waals surface area contributed by atoms with Gasteiger partial charge in [0, 0.05) is 56.1 Å². The second-order valence-corrected chi connectivity index (χ2v) is 7.60. The summed E-state index contributed by atoms with van der Waals surface area (Å²) in [5.41, 5.74) is 3.95. The molecule has 0 aliphatic carbocycles. The lowest BCUT2D eigenvalue weighted by Gasteiger charge is -2.36. The maximum atomic E-state index is 12.3. The molecule has 1 N–H and O–H groups in total. The molecule has 0 bridgehead atoms. The second-order valence-electron chi connectivity index (χ2n) is 7.60. The van der Waals surface area contributed by atoms with Crippen molar-refractivity contribution in [3.8, 4) is 5.69 Å². The minimum absolute atomic E-state index is 0.0627. The largest absolute Gasteiger partial charge is 0.351 e. The van der Waals surface area contributed by atoms with E-state index in [1.807, 2.05) is 54.9 Å². The van der Waals surface area contributed by atoms with Crippen LogP contribution in [0.15, 0.2) is 36.4 Å². The lowest BCUT2D eigenvalue weighted by molar-refractivity contribution is -0.116.